The first-order chi connectivity index (χ1) is 12.2. The molecule has 0 fully saturated rings. The average Bonchev–Trinajstić information content (AvgIpc) is 3.13. The van der Waals surface area contributed by atoms with Gasteiger partial charge in [-0.1, -0.05) is 59.2 Å². The minimum Gasteiger partial charge on any atom is -0.356 e. The molecule has 0 bridgehead atoms. The van der Waals surface area contributed by atoms with Gasteiger partial charge in [0.2, 0.25) is 0 Å². The third-order valence-electron chi connectivity index (χ3n) is 3.65. The van der Waals surface area contributed by atoms with Crippen molar-refractivity contribution in [3.05, 3.63) is 76.9 Å². The highest BCUT2D eigenvalue weighted by Gasteiger charge is 2.07. The van der Waals surface area contributed by atoms with Crippen LogP contribution in [0.25, 0.3) is 11.3 Å². The number of benzene rings is 2. The predicted molar refractivity (Wildman–Crippen MR) is 116 cm³/mol. The smallest absolute Gasteiger partial charge is 0.191 e. The SMILES string of the molecule is CN=C(NCc1ccc(Cl)cc1)NCc1cc(-c2ccccc2)on1.I. The Morgan fingerprint density at radius 3 is 2.42 bits per heavy atom. The van der Waals surface area contributed by atoms with E-state index in [1.165, 1.54) is 0 Å². The van der Waals surface area contributed by atoms with Crippen molar-refractivity contribution >= 4 is 41.5 Å². The number of halogens is 2. The zero-order valence-corrected chi connectivity index (χ0v) is 17.4. The van der Waals surface area contributed by atoms with Crippen LogP contribution in [0, 0.1) is 0 Å². The van der Waals surface area contributed by atoms with Crippen LogP contribution in [-0.2, 0) is 13.1 Å². The fourth-order valence-corrected chi connectivity index (χ4v) is 2.44. The molecule has 0 radical (unpaired) electrons. The minimum absolute atomic E-state index is 0. The lowest BCUT2D eigenvalue weighted by atomic mass is 10.2. The van der Waals surface area contributed by atoms with E-state index >= 15 is 0 Å². The Labute approximate surface area is 174 Å². The molecular weight excluding hydrogens is 463 g/mol. The van der Waals surface area contributed by atoms with Gasteiger partial charge in [-0.15, -0.1) is 24.0 Å². The van der Waals surface area contributed by atoms with Crippen molar-refractivity contribution in [1.82, 2.24) is 15.8 Å². The molecule has 2 N–H and O–H groups in total. The normalized spacial score (nSPS) is 10.9. The summed E-state index contributed by atoms with van der Waals surface area (Å²) in [6, 6.07) is 19.5. The summed E-state index contributed by atoms with van der Waals surface area (Å²) in [7, 11) is 1.73. The molecule has 1 heterocycles. The van der Waals surface area contributed by atoms with E-state index in [2.05, 4.69) is 20.8 Å². The van der Waals surface area contributed by atoms with Crippen LogP contribution in [0.5, 0.6) is 0 Å². The fraction of sp³-hybridized carbons (Fsp3) is 0.158. The number of aliphatic imine (C=N–C) groups is 1. The number of aromatic nitrogens is 1. The Bertz CT molecular complexity index is 834. The maximum absolute atomic E-state index is 5.89. The molecule has 3 aromatic rings. The van der Waals surface area contributed by atoms with Crippen molar-refractivity contribution in [2.24, 2.45) is 4.99 Å². The van der Waals surface area contributed by atoms with Crippen molar-refractivity contribution in [3.8, 4) is 11.3 Å². The van der Waals surface area contributed by atoms with E-state index in [1.54, 1.807) is 7.05 Å². The van der Waals surface area contributed by atoms with Gasteiger partial charge >= 0.3 is 0 Å². The molecule has 0 aliphatic carbocycles. The lowest BCUT2D eigenvalue weighted by molar-refractivity contribution is 0.422. The average molecular weight is 483 g/mol. The summed E-state index contributed by atoms with van der Waals surface area (Å²) in [6.45, 7) is 1.18. The van der Waals surface area contributed by atoms with Crippen LogP contribution < -0.4 is 10.6 Å². The number of rotatable bonds is 5. The number of nitrogens with zero attached hydrogens (tertiary/aromatic N) is 2. The third-order valence-corrected chi connectivity index (χ3v) is 3.90. The van der Waals surface area contributed by atoms with Crippen LogP contribution >= 0.6 is 35.6 Å². The van der Waals surface area contributed by atoms with E-state index in [0.29, 0.717) is 19.0 Å². The number of nitrogens with one attached hydrogen (secondary N) is 2. The Balaban J connectivity index is 0.00000243. The van der Waals surface area contributed by atoms with E-state index < -0.39 is 0 Å². The highest BCUT2D eigenvalue weighted by Crippen LogP contribution is 2.19. The van der Waals surface area contributed by atoms with Gasteiger partial charge in [0.15, 0.2) is 11.7 Å². The third kappa shape index (κ3) is 5.74. The van der Waals surface area contributed by atoms with Gasteiger partial charge in [0.1, 0.15) is 5.69 Å². The van der Waals surface area contributed by atoms with Gasteiger partial charge in [-0.25, -0.2) is 0 Å². The van der Waals surface area contributed by atoms with Crippen LogP contribution in [0.3, 0.4) is 0 Å². The zero-order chi connectivity index (χ0) is 17.5. The molecule has 7 heteroatoms. The topological polar surface area (TPSA) is 62.5 Å². The van der Waals surface area contributed by atoms with Crippen molar-refractivity contribution < 1.29 is 4.52 Å². The lowest BCUT2D eigenvalue weighted by Crippen LogP contribution is -2.36. The maximum atomic E-state index is 5.89. The van der Waals surface area contributed by atoms with E-state index in [1.807, 2.05) is 60.7 Å². The molecule has 0 saturated heterocycles. The molecular formula is C19H20ClIN4O. The molecule has 0 aliphatic rings. The Hall–Kier alpha value is -2.06. The summed E-state index contributed by atoms with van der Waals surface area (Å²) in [5, 5.41) is 11.3. The van der Waals surface area contributed by atoms with Gasteiger partial charge in [-0.05, 0) is 17.7 Å². The maximum Gasteiger partial charge on any atom is 0.191 e. The van der Waals surface area contributed by atoms with Crippen LogP contribution in [0.1, 0.15) is 11.3 Å². The fourth-order valence-electron chi connectivity index (χ4n) is 2.32. The van der Waals surface area contributed by atoms with Crippen LogP contribution in [0.2, 0.25) is 5.02 Å². The number of hydrogen-bond acceptors (Lipinski definition) is 3. The van der Waals surface area contributed by atoms with Crippen molar-refractivity contribution in [3.63, 3.8) is 0 Å². The van der Waals surface area contributed by atoms with Crippen molar-refractivity contribution in [2.45, 2.75) is 13.1 Å². The first-order valence-corrected chi connectivity index (χ1v) is 8.32. The van der Waals surface area contributed by atoms with Gasteiger partial charge in [-0.3, -0.25) is 4.99 Å². The van der Waals surface area contributed by atoms with Crippen LogP contribution in [-0.4, -0.2) is 18.2 Å². The van der Waals surface area contributed by atoms with E-state index in [-0.39, 0.29) is 24.0 Å². The summed E-state index contributed by atoms with van der Waals surface area (Å²) in [4.78, 5) is 4.21. The molecule has 26 heavy (non-hydrogen) atoms. The first kappa shape index (κ1) is 20.3. The predicted octanol–water partition coefficient (Wildman–Crippen LogP) is 4.48. The molecule has 0 amide bonds. The number of guanidine groups is 1. The summed E-state index contributed by atoms with van der Waals surface area (Å²) in [5.74, 6) is 1.45. The summed E-state index contributed by atoms with van der Waals surface area (Å²) < 4.78 is 5.39. The molecule has 0 spiro atoms. The zero-order valence-electron chi connectivity index (χ0n) is 14.3. The van der Waals surface area contributed by atoms with Crippen LogP contribution in [0.15, 0.2) is 70.2 Å². The van der Waals surface area contributed by atoms with Gasteiger partial charge in [0.25, 0.3) is 0 Å². The number of hydrogen-bond donors (Lipinski definition) is 2. The molecule has 0 unspecified atom stereocenters. The summed E-state index contributed by atoms with van der Waals surface area (Å²) in [6.07, 6.45) is 0. The second-order valence-corrected chi connectivity index (χ2v) is 5.89. The molecule has 2 aromatic carbocycles. The van der Waals surface area contributed by atoms with Crippen molar-refractivity contribution in [2.75, 3.05) is 7.05 Å². The van der Waals surface area contributed by atoms with E-state index in [0.717, 1.165) is 27.6 Å². The summed E-state index contributed by atoms with van der Waals surface area (Å²) in [5.41, 5.74) is 2.94. The Kier molecular flexibility index (Phi) is 7.93. The second kappa shape index (κ2) is 10.2. The monoisotopic (exact) mass is 482 g/mol. The Morgan fingerprint density at radius 2 is 1.73 bits per heavy atom. The largest absolute Gasteiger partial charge is 0.356 e. The highest BCUT2D eigenvalue weighted by molar-refractivity contribution is 14.0. The minimum atomic E-state index is 0. The molecule has 5 nitrogen and oxygen atoms in total. The van der Waals surface area contributed by atoms with Gasteiger partial charge < -0.3 is 15.2 Å². The molecule has 136 valence electrons. The van der Waals surface area contributed by atoms with Crippen molar-refractivity contribution in [1.29, 1.82) is 0 Å². The second-order valence-electron chi connectivity index (χ2n) is 5.45. The van der Waals surface area contributed by atoms with Gasteiger partial charge in [0, 0.05) is 30.2 Å². The first-order valence-electron chi connectivity index (χ1n) is 7.94. The van der Waals surface area contributed by atoms with Crippen LogP contribution in [0.4, 0.5) is 0 Å². The summed E-state index contributed by atoms with van der Waals surface area (Å²) >= 11 is 5.89. The molecule has 0 atom stereocenters. The van der Waals surface area contributed by atoms with Gasteiger partial charge in [-0.2, -0.15) is 0 Å². The van der Waals surface area contributed by atoms with E-state index in [9.17, 15) is 0 Å². The van der Waals surface area contributed by atoms with Gasteiger partial charge in [0.05, 0.1) is 6.54 Å². The van der Waals surface area contributed by atoms with E-state index in [4.69, 9.17) is 16.1 Å². The molecule has 0 saturated carbocycles. The molecule has 1 aromatic heterocycles. The highest BCUT2D eigenvalue weighted by atomic mass is 127. The Morgan fingerprint density at radius 1 is 1.04 bits per heavy atom. The molecule has 0 aliphatic heterocycles. The molecule has 3 rings (SSSR count). The standard InChI is InChI=1S/C19H19ClN4O.HI/c1-21-19(22-12-14-7-9-16(20)10-8-14)23-13-17-11-18(25-24-17)15-5-3-2-4-6-15;/h2-11H,12-13H2,1H3,(H2,21,22,23);1H. The quantitative estimate of drug-likeness (QED) is 0.320. The lowest BCUT2D eigenvalue weighted by Gasteiger charge is -2.10.